The number of carboxylic acids is 1. The van der Waals surface area contributed by atoms with Gasteiger partial charge in [0.25, 0.3) is 12.5 Å². The summed E-state index contributed by atoms with van der Waals surface area (Å²) in [4.78, 5) is 58.1. The van der Waals surface area contributed by atoms with E-state index < -0.39 is 35.2 Å². The van der Waals surface area contributed by atoms with E-state index in [1.54, 1.807) is 0 Å². The number of benzene rings is 2. The summed E-state index contributed by atoms with van der Waals surface area (Å²) >= 11 is 5.94. The number of carboxylic acid groups (broad SMARTS) is 1. The first-order valence-corrected chi connectivity index (χ1v) is 8.35. The van der Waals surface area contributed by atoms with E-state index >= 15 is 0 Å². The third kappa shape index (κ3) is 5.14. The zero-order valence-electron chi connectivity index (χ0n) is 14.9. The smallest absolute Gasteiger partial charge is 0.336 e. The van der Waals surface area contributed by atoms with Crippen molar-refractivity contribution in [1.82, 2.24) is 4.90 Å². The van der Waals surface area contributed by atoms with Crippen LogP contribution in [0.4, 0.5) is 10.5 Å². The molecule has 0 unspecified atom stereocenters. The molecule has 10 nitrogen and oxygen atoms in total. The van der Waals surface area contributed by atoms with Gasteiger partial charge in [-0.25, -0.2) is 9.59 Å². The quantitative estimate of drug-likeness (QED) is 0.415. The number of imide groups is 1. The minimum atomic E-state index is -1.32. The number of hydrogen-bond acceptors (Lipinski definition) is 6. The van der Waals surface area contributed by atoms with Crippen LogP contribution in [-0.2, 0) is 0 Å². The van der Waals surface area contributed by atoms with E-state index in [9.17, 15) is 34.4 Å². The van der Waals surface area contributed by atoms with Gasteiger partial charge < -0.3 is 10.4 Å². The van der Waals surface area contributed by atoms with Gasteiger partial charge in [-0.3, -0.25) is 24.6 Å². The number of nitrogens with zero attached hydrogens (tertiary/aromatic N) is 2. The lowest BCUT2D eigenvalue weighted by Gasteiger charge is -2.17. The largest absolute Gasteiger partial charge is 0.478 e. The number of halogens is 1. The number of anilines is 1. The second kappa shape index (κ2) is 8.93. The molecule has 2 aromatic carbocycles. The molecule has 0 aliphatic rings. The monoisotopic (exact) mass is 419 g/mol. The number of ketones is 1. The number of hydrogen-bond donors (Lipinski definition) is 2. The van der Waals surface area contributed by atoms with Crippen LogP contribution in [0.1, 0.15) is 31.1 Å². The molecular weight excluding hydrogens is 406 g/mol. The van der Waals surface area contributed by atoms with Gasteiger partial charge in [0.15, 0.2) is 0 Å². The summed E-state index contributed by atoms with van der Waals surface area (Å²) in [7, 11) is 1.16. The molecule has 0 atom stereocenters. The number of carbonyl (C=O) groups is 4. The fourth-order valence-electron chi connectivity index (χ4n) is 2.36. The lowest BCUT2D eigenvalue weighted by molar-refractivity contribution is -0.465. The lowest BCUT2D eigenvalue weighted by atomic mass is 10.1. The van der Waals surface area contributed by atoms with Crippen LogP contribution < -0.4 is 5.32 Å². The molecule has 2 N–H and O–H groups in total. The number of nitrogens with one attached hydrogen (secondary N) is 1. The molecular formula is C18H14ClN3O7. The van der Waals surface area contributed by atoms with Gasteiger partial charge in [0.05, 0.1) is 16.1 Å². The highest BCUT2D eigenvalue weighted by Crippen LogP contribution is 2.22. The minimum absolute atomic E-state index is 0.0822. The Morgan fingerprint density at radius 2 is 1.72 bits per heavy atom. The summed E-state index contributed by atoms with van der Waals surface area (Å²) in [6.07, 6.45) is 0. The molecule has 0 heterocycles. The Labute approximate surface area is 168 Å². The molecule has 2 rings (SSSR count). The highest BCUT2D eigenvalue weighted by Gasteiger charge is 2.24. The fraction of sp³-hybridized carbons (Fsp3) is 0.111. The van der Waals surface area contributed by atoms with Crippen molar-refractivity contribution in [2.75, 3.05) is 18.9 Å². The second-order valence-electron chi connectivity index (χ2n) is 5.75. The van der Waals surface area contributed by atoms with E-state index in [0.717, 1.165) is 7.05 Å². The molecule has 11 heteroatoms. The summed E-state index contributed by atoms with van der Waals surface area (Å²) in [6.45, 7) is -0.925. The molecule has 2 aromatic rings. The molecule has 0 aliphatic heterocycles. The van der Waals surface area contributed by atoms with Gasteiger partial charge in [-0.1, -0.05) is 23.7 Å². The van der Waals surface area contributed by atoms with Crippen molar-refractivity contribution in [3.05, 3.63) is 74.3 Å². The zero-order valence-corrected chi connectivity index (χ0v) is 15.7. The molecule has 0 saturated heterocycles. The maximum absolute atomic E-state index is 12.5. The number of aromatic carboxylic acids is 1. The summed E-state index contributed by atoms with van der Waals surface area (Å²) in [5.41, 5.74) is -0.379. The van der Waals surface area contributed by atoms with Crippen LogP contribution in [0, 0.1) is 10.1 Å². The van der Waals surface area contributed by atoms with E-state index in [0.29, 0.717) is 4.90 Å². The van der Waals surface area contributed by atoms with E-state index in [2.05, 4.69) is 5.32 Å². The number of rotatable bonds is 6. The summed E-state index contributed by atoms with van der Waals surface area (Å²) in [5.74, 6) is -2.95. The first-order chi connectivity index (χ1) is 13.6. The second-order valence-corrected chi connectivity index (χ2v) is 6.16. The molecule has 0 aromatic heterocycles. The fourth-order valence-corrected chi connectivity index (χ4v) is 2.64. The number of carbonyl (C=O) groups excluding carboxylic acids is 3. The molecule has 0 spiro atoms. The van der Waals surface area contributed by atoms with Crippen molar-refractivity contribution in [3.8, 4) is 0 Å². The number of amides is 3. The van der Waals surface area contributed by atoms with Gasteiger partial charge in [-0.15, -0.1) is 0 Å². The minimum Gasteiger partial charge on any atom is -0.478 e. The van der Waals surface area contributed by atoms with E-state index in [4.69, 9.17) is 11.6 Å². The standard InChI is InChI=1S/C18H14ClN3O7/c1-21(16(24)11-4-2-3-5-12(11)17(25)26)18(27)20-10-6-7-13(14(19)8-10)15(23)9-22(28)29/h2-8H,9H2,1H3,(H,20,27)(H,25,26). The van der Waals surface area contributed by atoms with Crippen LogP contribution in [-0.4, -0.2) is 52.2 Å². The van der Waals surface area contributed by atoms with Gasteiger partial charge >= 0.3 is 12.0 Å². The molecule has 0 saturated carbocycles. The van der Waals surface area contributed by atoms with Crippen LogP contribution in [0.2, 0.25) is 5.02 Å². The zero-order chi connectivity index (χ0) is 21.7. The molecule has 0 radical (unpaired) electrons. The van der Waals surface area contributed by atoms with Gasteiger partial charge in [0, 0.05) is 23.2 Å². The molecule has 29 heavy (non-hydrogen) atoms. The summed E-state index contributed by atoms with van der Waals surface area (Å²) in [5, 5.41) is 21.9. The summed E-state index contributed by atoms with van der Waals surface area (Å²) in [6, 6.07) is 8.26. The Morgan fingerprint density at radius 1 is 1.10 bits per heavy atom. The third-order valence-electron chi connectivity index (χ3n) is 3.79. The normalized spacial score (nSPS) is 10.1. The maximum Gasteiger partial charge on any atom is 0.336 e. The van der Waals surface area contributed by atoms with Crippen LogP contribution >= 0.6 is 11.6 Å². The van der Waals surface area contributed by atoms with E-state index in [1.807, 2.05) is 0 Å². The van der Waals surface area contributed by atoms with E-state index in [-0.39, 0.29) is 27.4 Å². The SMILES string of the molecule is CN(C(=O)Nc1ccc(C(=O)C[N+](=O)[O-])c(Cl)c1)C(=O)c1ccccc1C(=O)O. The van der Waals surface area contributed by atoms with Crippen LogP contribution in [0.15, 0.2) is 42.5 Å². The highest BCUT2D eigenvalue weighted by molar-refractivity contribution is 6.34. The average molecular weight is 420 g/mol. The van der Waals surface area contributed by atoms with Crippen LogP contribution in [0.3, 0.4) is 0 Å². The van der Waals surface area contributed by atoms with Crippen LogP contribution in [0.5, 0.6) is 0 Å². The third-order valence-corrected chi connectivity index (χ3v) is 4.10. The Bertz CT molecular complexity index is 1020. The first kappa shape index (κ1) is 21.5. The Hall–Kier alpha value is -3.79. The average Bonchev–Trinajstić information content (AvgIpc) is 2.66. The molecule has 0 bridgehead atoms. The Kier molecular flexibility index (Phi) is 6.63. The Morgan fingerprint density at radius 3 is 2.28 bits per heavy atom. The molecule has 150 valence electrons. The molecule has 0 fully saturated rings. The number of urea groups is 1. The van der Waals surface area contributed by atoms with Crippen molar-refractivity contribution in [2.45, 2.75) is 0 Å². The topological polar surface area (TPSA) is 147 Å². The molecule has 0 aliphatic carbocycles. The first-order valence-electron chi connectivity index (χ1n) is 7.97. The van der Waals surface area contributed by atoms with Crippen LogP contribution in [0.25, 0.3) is 0 Å². The molecule has 3 amide bonds. The van der Waals surface area contributed by atoms with Crippen molar-refractivity contribution in [3.63, 3.8) is 0 Å². The Balaban J connectivity index is 2.17. The van der Waals surface area contributed by atoms with Gasteiger partial charge in [0.2, 0.25) is 5.78 Å². The van der Waals surface area contributed by atoms with Crippen molar-refractivity contribution < 1.29 is 29.2 Å². The summed E-state index contributed by atoms with van der Waals surface area (Å²) < 4.78 is 0. The van der Waals surface area contributed by atoms with Gasteiger partial charge in [-0.05, 0) is 30.3 Å². The number of Topliss-reactive ketones (excluding diaryl/α,β-unsaturated/α-hetero) is 1. The van der Waals surface area contributed by atoms with Crippen molar-refractivity contribution in [1.29, 1.82) is 0 Å². The lowest BCUT2D eigenvalue weighted by Crippen LogP contribution is -2.37. The highest BCUT2D eigenvalue weighted by atomic mass is 35.5. The predicted octanol–water partition coefficient (Wildman–Crippen LogP) is 2.80. The predicted molar refractivity (Wildman–Crippen MR) is 102 cm³/mol. The van der Waals surface area contributed by atoms with Gasteiger partial charge in [0.1, 0.15) is 0 Å². The van der Waals surface area contributed by atoms with Crippen molar-refractivity contribution >= 4 is 41.0 Å². The number of nitro groups is 1. The maximum atomic E-state index is 12.5. The van der Waals surface area contributed by atoms with Gasteiger partial charge in [-0.2, -0.15) is 0 Å². The van der Waals surface area contributed by atoms with Crippen molar-refractivity contribution in [2.24, 2.45) is 0 Å². The van der Waals surface area contributed by atoms with E-state index in [1.165, 1.54) is 42.5 Å².